The smallest absolute Gasteiger partial charge is 0.311 e. The molecule has 0 aromatic heterocycles. The first-order valence-corrected chi connectivity index (χ1v) is 4.50. The summed E-state index contributed by atoms with van der Waals surface area (Å²) in [6.45, 7) is 1.58. The summed E-state index contributed by atoms with van der Waals surface area (Å²) in [5, 5.41) is 0. The summed E-state index contributed by atoms with van der Waals surface area (Å²) in [4.78, 5) is 21.7. The summed E-state index contributed by atoms with van der Waals surface area (Å²) in [6, 6.07) is 0. The van der Waals surface area contributed by atoms with Crippen LogP contribution in [-0.2, 0) is 23.8 Å². The van der Waals surface area contributed by atoms with Crippen molar-refractivity contribution < 1.29 is 23.8 Å². The molecule has 0 aliphatic carbocycles. The fourth-order valence-electron chi connectivity index (χ4n) is 1.36. The van der Waals surface area contributed by atoms with Gasteiger partial charge in [-0.15, -0.1) is 0 Å². The zero-order valence-electron chi connectivity index (χ0n) is 8.32. The normalized spacial score (nSPS) is 26.7. The molecule has 1 fully saturated rings. The van der Waals surface area contributed by atoms with E-state index in [1.165, 1.54) is 14.0 Å². The van der Waals surface area contributed by atoms with Crippen molar-refractivity contribution in [3.63, 3.8) is 0 Å². The lowest BCUT2D eigenvalue weighted by Crippen LogP contribution is -2.33. The van der Waals surface area contributed by atoms with Gasteiger partial charge in [-0.2, -0.15) is 0 Å². The van der Waals surface area contributed by atoms with E-state index in [-0.39, 0.29) is 24.5 Å². The monoisotopic (exact) mass is 202 g/mol. The van der Waals surface area contributed by atoms with Gasteiger partial charge in [0.1, 0.15) is 0 Å². The highest BCUT2D eigenvalue weighted by Gasteiger charge is 2.28. The van der Waals surface area contributed by atoms with Crippen LogP contribution in [0.3, 0.4) is 0 Å². The van der Waals surface area contributed by atoms with Crippen LogP contribution in [0.5, 0.6) is 0 Å². The lowest BCUT2D eigenvalue weighted by Gasteiger charge is -2.26. The molecule has 0 unspecified atom stereocenters. The number of carbonyl (C=O) groups excluding carboxylic acids is 2. The van der Waals surface area contributed by atoms with Gasteiger partial charge in [0.15, 0.2) is 0 Å². The van der Waals surface area contributed by atoms with Crippen molar-refractivity contribution >= 4 is 11.9 Å². The van der Waals surface area contributed by atoms with E-state index in [2.05, 4.69) is 4.74 Å². The van der Waals surface area contributed by atoms with Gasteiger partial charge < -0.3 is 14.2 Å². The zero-order chi connectivity index (χ0) is 10.6. The van der Waals surface area contributed by atoms with Crippen molar-refractivity contribution in [3.8, 4) is 0 Å². The minimum absolute atomic E-state index is 0.230. The molecule has 1 aliphatic heterocycles. The van der Waals surface area contributed by atoms with Crippen LogP contribution in [-0.4, -0.2) is 31.9 Å². The molecule has 0 saturated carbocycles. The second-order valence-corrected chi connectivity index (χ2v) is 3.17. The molecule has 1 rings (SSSR count). The van der Waals surface area contributed by atoms with Gasteiger partial charge in [-0.1, -0.05) is 0 Å². The van der Waals surface area contributed by atoms with Gasteiger partial charge in [0, 0.05) is 13.3 Å². The van der Waals surface area contributed by atoms with E-state index < -0.39 is 6.29 Å². The van der Waals surface area contributed by atoms with Gasteiger partial charge in [-0.25, -0.2) is 0 Å². The van der Waals surface area contributed by atoms with Crippen molar-refractivity contribution in [2.45, 2.75) is 26.1 Å². The highest BCUT2D eigenvalue weighted by molar-refractivity contribution is 5.72. The van der Waals surface area contributed by atoms with Crippen LogP contribution in [0.15, 0.2) is 0 Å². The van der Waals surface area contributed by atoms with E-state index in [0.717, 1.165) is 0 Å². The molecule has 1 heterocycles. The zero-order valence-corrected chi connectivity index (χ0v) is 8.32. The third kappa shape index (κ3) is 2.99. The van der Waals surface area contributed by atoms with Crippen LogP contribution >= 0.6 is 0 Å². The lowest BCUT2D eigenvalue weighted by atomic mass is 10.0. The van der Waals surface area contributed by atoms with Crippen molar-refractivity contribution in [3.05, 3.63) is 0 Å². The van der Waals surface area contributed by atoms with E-state index in [0.29, 0.717) is 12.8 Å². The average molecular weight is 202 g/mol. The summed E-state index contributed by atoms with van der Waals surface area (Å²) >= 11 is 0. The van der Waals surface area contributed by atoms with Crippen LogP contribution in [0.4, 0.5) is 0 Å². The predicted octanol–water partition coefficient (Wildman–Crippen LogP) is 0.475. The Labute approximate surface area is 82.3 Å². The van der Waals surface area contributed by atoms with Crippen LogP contribution in [0.2, 0.25) is 0 Å². The highest BCUT2D eigenvalue weighted by Crippen LogP contribution is 2.20. The maximum Gasteiger partial charge on any atom is 0.311 e. The van der Waals surface area contributed by atoms with Gasteiger partial charge in [0.25, 0.3) is 0 Å². The fraction of sp³-hybridized carbons (Fsp3) is 0.778. The number of hydrogen-bond donors (Lipinski definition) is 0. The van der Waals surface area contributed by atoms with Crippen LogP contribution in [0.25, 0.3) is 0 Å². The van der Waals surface area contributed by atoms with Gasteiger partial charge in [-0.05, 0) is 6.42 Å². The Morgan fingerprint density at radius 3 is 2.50 bits per heavy atom. The molecular weight excluding hydrogens is 188 g/mol. The molecule has 0 aromatic rings. The molecule has 0 aromatic carbocycles. The second-order valence-electron chi connectivity index (χ2n) is 3.17. The standard InChI is InChI=1S/C9H14O5/c1-6(10)14-8-4-3-7(5-13-8)9(11)12-2/h7-8H,3-5H2,1-2H3/t7-,8+/m1/s1. The summed E-state index contributed by atoms with van der Waals surface area (Å²) in [6.07, 6.45) is 0.664. The summed E-state index contributed by atoms with van der Waals surface area (Å²) < 4.78 is 14.6. The lowest BCUT2D eigenvalue weighted by molar-refractivity contribution is -0.193. The highest BCUT2D eigenvalue weighted by atomic mass is 16.7. The van der Waals surface area contributed by atoms with Crippen molar-refractivity contribution in [1.82, 2.24) is 0 Å². The van der Waals surface area contributed by atoms with E-state index in [1.54, 1.807) is 0 Å². The van der Waals surface area contributed by atoms with Crippen LogP contribution < -0.4 is 0 Å². The average Bonchev–Trinajstić information content (AvgIpc) is 2.17. The number of carbonyl (C=O) groups is 2. The van der Waals surface area contributed by atoms with E-state index in [4.69, 9.17) is 9.47 Å². The summed E-state index contributed by atoms with van der Waals surface area (Å²) in [5.41, 5.74) is 0. The Hall–Kier alpha value is -1.10. The first-order valence-electron chi connectivity index (χ1n) is 4.50. The molecule has 0 amide bonds. The largest absolute Gasteiger partial charge is 0.469 e. The Balaban J connectivity index is 2.31. The molecule has 14 heavy (non-hydrogen) atoms. The number of rotatable bonds is 2. The Morgan fingerprint density at radius 2 is 2.07 bits per heavy atom. The molecule has 0 N–H and O–H groups in total. The van der Waals surface area contributed by atoms with Gasteiger partial charge in [0.05, 0.1) is 19.6 Å². The maximum absolute atomic E-state index is 11.1. The number of ether oxygens (including phenoxy) is 3. The van der Waals surface area contributed by atoms with Crippen LogP contribution in [0, 0.1) is 5.92 Å². The van der Waals surface area contributed by atoms with Crippen molar-refractivity contribution in [2.75, 3.05) is 13.7 Å². The summed E-state index contributed by atoms with van der Waals surface area (Å²) in [5.74, 6) is -0.871. The molecule has 5 heteroatoms. The summed E-state index contributed by atoms with van der Waals surface area (Å²) in [7, 11) is 1.35. The minimum atomic E-state index is -0.506. The maximum atomic E-state index is 11.1. The molecule has 1 aliphatic rings. The topological polar surface area (TPSA) is 61.8 Å². The van der Waals surface area contributed by atoms with Crippen molar-refractivity contribution in [1.29, 1.82) is 0 Å². The van der Waals surface area contributed by atoms with E-state index in [9.17, 15) is 9.59 Å². The van der Waals surface area contributed by atoms with E-state index >= 15 is 0 Å². The minimum Gasteiger partial charge on any atom is -0.469 e. The number of methoxy groups -OCH3 is 1. The first kappa shape index (κ1) is 11.0. The Bertz CT molecular complexity index is 217. The number of esters is 2. The van der Waals surface area contributed by atoms with Crippen LogP contribution in [0.1, 0.15) is 19.8 Å². The number of hydrogen-bond acceptors (Lipinski definition) is 5. The molecule has 80 valence electrons. The van der Waals surface area contributed by atoms with Gasteiger partial charge in [0.2, 0.25) is 6.29 Å². The molecule has 0 bridgehead atoms. The quantitative estimate of drug-likeness (QED) is 0.609. The third-order valence-electron chi connectivity index (χ3n) is 2.07. The first-order chi connectivity index (χ1) is 6.63. The molecule has 0 spiro atoms. The molecule has 5 nitrogen and oxygen atoms in total. The Kier molecular flexibility index (Phi) is 3.88. The van der Waals surface area contributed by atoms with Gasteiger partial charge >= 0.3 is 11.9 Å². The molecular formula is C9H14O5. The molecule has 1 saturated heterocycles. The molecule has 2 atom stereocenters. The third-order valence-corrected chi connectivity index (χ3v) is 2.07. The fourth-order valence-corrected chi connectivity index (χ4v) is 1.36. The Morgan fingerprint density at radius 1 is 1.36 bits per heavy atom. The van der Waals surface area contributed by atoms with E-state index in [1.807, 2.05) is 0 Å². The predicted molar refractivity (Wildman–Crippen MR) is 46.2 cm³/mol. The molecule has 0 radical (unpaired) electrons. The van der Waals surface area contributed by atoms with Crippen molar-refractivity contribution in [2.24, 2.45) is 5.92 Å². The van der Waals surface area contributed by atoms with Gasteiger partial charge in [-0.3, -0.25) is 9.59 Å². The SMILES string of the molecule is COC(=O)[C@@H]1CC[C@H](OC(C)=O)OC1. The second kappa shape index (κ2) is 4.95.